The van der Waals surface area contributed by atoms with Crippen molar-refractivity contribution in [1.29, 1.82) is 0 Å². The van der Waals surface area contributed by atoms with Crippen molar-refractivity contribution in [3.63, 3.8) is 0 Å². The molecule has 3 aromatic rings. The summed E-state index contributed by atoms with van der Waals surface area (Å²) in [5, 5.41) is 0. The number of benzene rings is 2. The standard InChI is InChI=1S/C24H29BrN4O/c25-21-6-2-1-5-18(21)17-27-13-9-19(10-14-27)28-15-11-20(12-16-28)29-23-8-4-3-7-22(23)26-24(29)30/h1-8,19-20H,9-17H2,(H,26,30). The molecule has 1 N–H and O–H groups in total. The van der Waals surface area contributed by atoms with Crippen LogP contribution in [0, 0.1) is 0 Å². The molecule has 0 bridgehead atoms. The van der Waals surface area contributed by atoms with Gasteiger partial charge >= 0.3 is 5.69 Å². The van der Waals surface area contributed by atoms with Crippen molar-refractivity contribution in [3.8, 4) is 0 Å². The van der Waals surface area contributed by atoms with E-state index in [4.69, 9.17) is 0 Å². The van der Waals surface area contributed by atoms with E-state index in [2.05, 4.69) is 61.0 Å². The average molecular weight is 469 g/mol. The molecule has 3 heterocycles. The van der Waals surface area contributed by atoms with E-state index in [1.54, 1.807) is 0 Å². The lowest BCUT2D eigenvalue weighted by atomic mass is 9.97. The maximum Gasteiger partial charge on any atom is 0.326 e. The van der Waals surface area contributed by atoms with Crippen LogP contribution in [-0.4, -0.2) is 51.6 Å². The molecule has 2 saturated heterocycles. The minimum absolute atomic E-state index is 0.0371. The van der Waals surface area contributed by atoms with Gasteiger partial charge in [0.15, 0.2) is 0 Å². The topological polar surface area (TPSA) is 44.3 Å². The number of fused-ring (bicyclic) bond motifs is 1. The highest BCUT2D eigenvalue weighted by atomic mass is 79.9. The van der Waals surface area contributed by atoms with Crippen molar-refractivity contribution < 1.29 is 0 Å². The van der Waals surface area contributed by atoms with Gasteiger partial charge in [0.05, 0.1) is 11.0 Å². The van der Waals surface area contributed by atoms with E-state index in [1.165, 1.54) is 22.9 Å². The normalized spacial score (nSPS) is 20.2. The largest absolute Gasteiger partial charge is 0.326 e. The Bertz CT molecular complexity index is 1060. The summed E-state index contributed by atoms with van der Waals surface area (Å²) in [6.45, 7) is 5.53. The number of likely N-dealkylation sites (tertiary alicyclic amines) is 2. The highest BCUT2D eigenvalue weighted by Crippen LogP contribution is 2.29. The van der Waals surface area contributed by atoms with Crippen molar-refractivity contribution in [2.45, 2.75) is 44.3 Å². The van der Waals surface area contributed by atoms with Crippen LogP contribution in [0.5, 0.6) is 0 Å². The Morgan fingerprint density at radius 1 is 0.867 bits per heavy atom. The van der Waals surface area contributed by atoms with Crippen molar-refractivity contribution in [1.82, 2.24) is 19.4 Å². The molecule has 0 atom stereocenters. The lowest BCUT2D eigenvalue weighted by Gasteiger charge is -2.42. The Labute approximate surface area is 185 Å². The van der Waals surface area contributed by atoms with E-state index in [-0.39, 0.29) is 5.69 Å². The van der Waals surface area contributed by atoms with E-state index in [1.807, 2.05) is 22.8 Å². The third kappa shape index (κ3) is 4.01. The molecular formula is C24H29BrN4O. The van der Waals surface area contributed by atoms with Gasteiger partial charge in [-0.05, 0) is 62.5 Å². The van der Waals surface area contributed by atoms with E-state index in [0.29, 0.717) is 12.1 Å². The number of rotatable bonds is 4. The summed E-state index contributed by atoms with van der Waals surface area (Å²) in [5.74, 6) is 0. The number of para-hydroxylation sites is 2. The maximum absolute atomic E-state index is 12.5. The molecule has 2 aromatic carbocycles. The third-order valence-electron chi connectivity index (χ3n) is 6.91. The molecule has 158 valence electrons. The number of imidazole rings is 1. The molecule has 0 unspecified atom stereocenters. The number of piperidine rings is 2. The fraction of sp³-hybridized carbons (Fsp3) is 0.458. The molecule has 1 aromatic heterocycles. The summed E-state index contributed by atoms with van der Waals surface area (Å²) in [7, 11) is 0. The average Bonchev–Trinajstić information content (AvgIpc) is 3.12. The molecular weight excluding hydrogens is 440 g/mol. The zero-order valence-corrected chi connectivity index (χ0v) is 18.9. The van der Waals surface area contributed by atoms with Gasteiger partial charge in [-0.3, -0.25) is 9.47 Å². The lowest BCUT2D eigenvalue weighted by Crippen LogP contribution is -2.48. The molecule has 6 heteroatoms. The number of aromatic amines is 1. The number of hydrogen-bond donors (Lipinski definition) is 1. The van der Waals surface area contributed by atoms with Gasteiger partial charge in [0.1, 0.15) is 0 Å². The SMILES string of the molecule is O=c1[nH]c2ccccc2n1C1CCN(C2CCN(Cc3ccccc3Br)CC2)CC1. The quantitative estimate of drug-likeness (QED) is 0.617. The van der Waals surface area contributed by atoms with Gasteiger partial charge in [0.25, 0.3) is 0 Å². The van der Waals surface area contributed by atoms with E-state index in [0.717, 1.165) is 56.6 Å². The van der Waals surface area contributed by atoms with E-state index < -0.39 is 0 Å². The van der Waals surface area contributed by atoms with Crippen LogP contribution in [0.25, 0.3) is 11.0 Å². The Balaban J connectivity index is 1.16. The zero-order valence-electron chi connectivity index (χ0n) is 17.3. The van der Waals surface area contributed by atoms with Crippen molar-refractivity contribution in [2.24, 2.45) is 0 Å². The van der Waals surface area contributed by atoms with Gasteiger partial charge in [0.2, 0.25) is 0 Å². The van der Waals surface area contributed by atoms with Gasteiger partial charge in [-0.1, -0.05) is 46.3 Å². The fourth-order valence-electron chi connectivity index (χ4n) is 5.26. The second-order valence-electron chi connectivity index (χ2n) is 8.68. The van der Waals surface area contributed by atoms with E-state index in [9.17, 15) is 4.79 Å². The predicted octanol–water partition coefficient (Wildman–Crippen LogP) is 4.39. The highest BCUT2D eigenvalue weighted by molar-refractivity contribution is 9.10. The van der Waals surface area contributed by atoms with Crippen molar-refractivity contribution in [2.75, 3.05) is 26.2 Å². The number of hydrogen-bond acceptors (Lipinski definition) is 3. The Hall–Kier alpha value is -1.89. The van der Waals surface area contributed by atoms with Gasteiger partial charge in [-0.15, -0.1) is 0 Å². The van der Waals surface area contributed by atoms with Crippen LogP contribution in [-0.2, 0) is 6.54 Å². The van der Waals surface area contributed by atoms with Crippen LogP contribution in [0.1, 0.15) is 37.3 Å². The van der Waals surface area contributed by atoms with Gasteiger partial charge in [0, 0.05) is 36.2 Å². The maximum atomic E-state index is 12.5. The molecule has 30 heavy (non-hydrogen) atoms. The number of aromatic nitrogens is 2. The molecule has 5 nitrogen and oxygen atoms in total. The first kappa shape index (κ1) is 20.0. The number of nitrogens with one attached hydrogen (secondary N) is 1. The van der Waals surface area contributed by atoms with E-state index >= 15 is 0 Å². The third-order valence-corrected chi connectivity index (χ3v) is 7.69. The first-order chi connectivity index (χ1) is 14.7. The summed E-state index contributed by atoms with van der Waals surface area (Å²) >= 11 is 3.68. The monoisotopic (exact) mass is 468 g/mol. The minimum Gasteiger partial charge on any atom is -0.306 e. The zero-order chi connectivity index (χ0) is 20.5. The van der Waals surface area contributed by atoms with Crippen molar-refractivity contribution in [3.05, 3.63) is 69.1 Å². The minimum atomic E-state index is 0.0371. The molecule has 5 rings (SSSR count). The molecule has 0 aliphatic carbocycles. The van der Waals surface area contributed by atoms with Gasteiger partial charge < -0.3 is 9.88 Å². The number of H-pyrrole nitrogens is 1. The van der Waals surface area contributed by atoms with Gasteiger partial charge in [-0.25, -0.2) is 4.79 Å². The van der Waals surface area contributed by atoms with Crippen LogP contribution >= 0.6 is 15.9 Å². The van der Waals surface area contributed by atoms with Gasteiger partial charge in [-0.2, -0.15) is 0 Å². The Morgan fingerprint density at radius 3 is 2.30 bits per heavy atom. The fourth-order valence-corrected chi connectivity index (χ4v) is 5.67. The molecule has 0 saturated carbocycles. The lowest BCUT2D eigenvalue weighted by molar-refractivity contribution is 0.0769. The highest BCUT2D eigenvalue weighted by Gasteiger charge is 2.30. The summed E-state index contributed by atoms with van der Waals surface area (Å²) < 4.78 is 3.20. The van der Waals surface area contributed by atoms with Crippen LogP contribution in [0.4, 0.5) is 0 Å². The molecule has 2 aliphatic heterocycles. The van der Waals surface area contributed by atoms with Crippen LogP contribution in [0.3, 0.4) is 0 Å². The molecule has 0 spiro atoms. The van der Waals surface area contributed by atoms with Crippen LogP contribution in [0.15, 0.2) is 57.8 Å². The van der Waals surface area contributed by atoms with Crippen LogP contribution < -0.4 is 5.69 Å². The molecule has 2 fully saturated rings. The number of halogens is 1. The molecule has 0 radical (unpaired) electrons. The first-order valence-corrected chi connectivity index (χ1v) is 11.9. The summed E-state index contributed by atoms with van der Waals surface area (Å²) in [6, 6.07) is 17.6. The number of nitrogens with zero attached hydrogens (tertiary/aromatic N) is 3. The summed E-state index contributed by atoms with van der Waals surface area (Å²) in [4.78, 5) is 20.8. The second-order valence-corrected chi connectivity index (χ2v) is 9.54. The molecule has 2 aliphatic rings. The summed E-state index contributed by atoms with van der Waals surface area (Å²) in [6.07, 6.45) is 4.59. The Kier molecular flexibility index (Phi) is 5.81. The predicted molar refractivity (Wildman–Crippen MR) is 125 cm³/mol. The van der Waals surface area contributed by atoms with Crippen molar-refractivity contribution >= 4 is 27.0 Å². The first-order valence-electron chi connectivity index (χ1n) is 11.1. The summed E-state index contributed by atoms with van der Waals surface area (Å²) in [5.41, 5.74) is 3.40. The van der Waals surface area contributed by atoms with Crippen LogP contribution in [0.2, 0.25) is 0 Å². The Morgan fingerprint density at radius 2 is 1.53 bits per heavy atom. The second kappa shape index (κ2) is 8.69. The smallest absolute Gasteiger partial charge is 0.306 e. The molecule has 0 amide bonds.